The lowest BCUT2D eigenvalue weighted by molar-refractivity contribution is -0.00455. The molecule has 2 aromatic rings. The number of hydrogen-bond acceptors (Lipinski definition) is 5. The van der Waals surface area contributed by atoms with Gasteiger partial charge < -0.3 is 9.64 Å². The topological polar surface area (TPSA) is 84.0 Å². The van der Waals surface area contributed by atoms with E-state index in [1.165, 1.54) is 0 Å². The Morgan fingerprint density at radius 2 is 2.21 bits per heavy atom. The minimum Gasteiger partial charge on any atom is -0.377 e. The molecule has 0 aliphatic carbocycles. The third-order valence-electron chi connectivity index (χ3n) is 3.03. The average molecular weight is 259 g/mol. The van der Waals surface area contributed by atoms with Crippen molar-refractivity contribution in [2.75, 3.05) is 19.8 Å². The number of ether oxygens (including phenoxy) is 1. The highest BCUT2D eigenvalue weighted by Gasteiger charge is 2.31. The summed E-state index contributed by atoms with van der Waals surface area (Å²) in [5, 5.41) is 6.79. The molecule has 1 fully saturated rings. The van der Waals surface area contributed by atoms with Crippen LogP contribution in [0.2, 0.25) is 0 Å². The van der Waals surface area contributed by atoms with Gasteiger partial charge in [0.1, 0.15) is 0 Å². The van der Waals surface area contributed by atoms with Crippen molar-refractivity contribution in [1.82, 2.24) is 25.1 Å². The van der Waals surface area contributed by atoms with Crippen LogP contribution in [-0.2, 0) is 4.74 Å². The molecule has 1 aliphatic rings. The fourth-order valence-corrected chi connectivity index (χ4v) is 2.09. The largest absolute Gasteiger partial charge is 0.377 e. The van der Waals surface area contributed by atoms with Gasteiger partial charge in [-0.05, 0) is 12.1 Å². The molecule has 1 aliphatic heterocycles. The van der Waals surface area contributed by atoms with Crippen molar-refractivity contribution < 1.29 is 9.53 Å². The fraction of sp³-hybridized carbons (Fsp3) is 0.333. The van der Waals surface area contributed by atoms with Gasteiger partial charge >= 0.3 is 0 Å². The van der Waals surface area contributed by atoms with Crippen LogP contribution in [0.3, 0.4) is 0 Å². The molecule has 3 rings (SSSR count). The van der Waals surface area contributed by atoms with E-state index in [1.54, 1.807) is 29.6 Å². The van der Waals surface area contributed by atoms with Crippen LogP contribution in [0.25, 0.3) is 0 Å². The van der Waals surface area contributed by atoms with Crippen molar-refractivity contribution in [1.29, 1.82) is 0 Å². The molecule has 19 heavy (non-hydrogen) atoms. The molecule has 0 radical (unpaired) electrons. The summed E-state index contributed by atoms with van der Waals surface area (Å²) in [5.74, 6) is 0.0115. The number of aromatic nitrogens is 4. The van der Waals surface area contributed by atoms with Crippen molar-refractivity contribution >= 4 is 5.91 Å². The van der Waals surface area contributed by atoms with E-state index >= 15 is 0 Å². The van der Waals surface area contributed by atoms with Crippen LogP contribution in [0.5, 0.6) is 0 Å². The molecule has 0 bridgehead atoms. The molecule has 0 saturated carbocycles. The smallest absolute Gasteiger partial charge is 0.292 e. The maximum Gasteiger partial charge on any atom is 0.292 e. The van der Waals surface area contributed by atoms with Gasteiger partial charge in [0.05, 0.1) is 24.9 Å². The highest BCUT2D eigenvalue weighted by Crippen LogP contribution is 2.23. The summed E-state index contributed by atoms with van der Waals surface area (Å²) in [6.07, 6.45) is 4.78. The number of nitrogens with zero attached hydrogens (tertiary/aromatic N) is 4. The fourth-order valence-electron chi connectivity index (χ4n) is 2.09. The average Bonchev–Trinajstić information content (AvgIpc) is 3.01. The van der Waals surface area contributed by atoms with Gasteiger partial charge in [-0.2, -0.15) is 5.10 Å². The predicted octanol–water partition coefficient (Wildman–Crippen LogP) is 0.413. The molecular formula is C12H13N5O2. The highest BCUT2D eigenvalue weighted by atomic mass is 16.5. The summed E-state index contributed by atoms with van der Waals surface area (Å²) in [7, 11) is 0. The van der Waals surface area contributed by atoms with E-state index < -0.39 is 0 Å². The Bertz CT molecular complexity index is 543. The maximum atomic E-state index is 12.4. The number of carbonyl (C=O) groups is 1. The molecule has 0 aromatic carbocycles. The quantitative estimate of drug-likeness (QED) is 0.844. The van der Waals surface area contributed by atoms with Crippen LogP contribution < -0.4 is 0 Å². The first-order valence-electron chi connectivity index (χ1n) is 6.01. The molecule has 3 heterocycles. The van der Waals surface area contributed by atoms with Gasteiger partial charge in [0.15, 0.2) is 0 Å². The summed E-state index contributed by atoms with van der Waals surface area (Å²) >= 11 is 0. The summed E-state index contributed by atoms with van der Waals surface area (Å²) in [4.78, 5) is 22.1. The number of aromatic amines is 1. The molecule has 2 aromatic heterocycles. The van der Waals surface area contributed by atoms with Crippen LogP contribution in [0, 0.1) is 0 Å². The number of carbonyl (C=O) groups excluding carboxylic acids is 1. The second-order valence-electron chi connectivity index (χ2n) is 4.17. The SMILES string of the molecule is O=C(c1ncccn1)N1CCOC[C@@H]1c1ccn[nH]1. The molecule has 98 valence electrons. The standard InChI is InChI=1S/C12H13N5O2/c18-12(11-13-3-1-4-14-11)17-6-7-19-8-10(17)9-2-5-15-16-9/h1-5,10H,6-8H2,(H,15,16)/t10-/m1/s1. The van der Waals surface area contributed by atoms with Gasteiger partial charge in [-0.1, -0.05) is 0 Å². The predicted molar refractivity (Wildman–Crippen MR) is 65.2 cm³/mol. The number of rotatable bonds is 2. The second-order valence-corrected chi connectivity index (χ2v) is 4.17. The van der Waals surface area contributed by atoms with Crippen molar-refractivity contribution in [2.24, 2.45) is 0 Å². The van der Waals surface area contributed by atoms with Gasteiger partial charge in [-0.25, -0.2) is 9.97 Å². The first-order valence-corrected chi connectivity index (χ1v) is 6.01. The molecule has 0 spiro atoms. The Morgan fingerprint density at radius 3 is 2.95 bits per heavy atom. The Morgan fingerprint density at radius 1 is 1.37 bits per heavy atom. The summed E-state index contributed by atoms with van der Waals surface area (Å²) in [6, 6.07) is 3.35. The zero-order valence-electron chi connectivity index (χ0n) is 10.2. The monoisotopic (exact) mass is 259 g/mol. The van der Waals surface area contributed by atoms with Crippen molar-refractivity contribution in [3.05, 3.63) is 42.2 Å². The molecule has 7 heteroatoms. The first-order chi connectivity index (χ1) is 9.36. The van der Waals surface area contributed by atoms with Crippen molar-refractivity contribution in [3.8, 4) is 0 Å². The second kappa shape index (κ2) is 5.15. The van der Waals surface area contributed by atoms with E-state index in [2.05, 4.69) is 20.2 Å². The van der Waals surface area contributed by atoms with Crippen LogP contribution in [0.4, 0.5) is 0 Å². The van der Waals surface area contributed by atoms with E-state index in [-0.39, 0.29) is 17.8 Å². The zero-order chi connectivity index (χ0) is 13.1. The molecule has 1 N–H and O–H groups in total. The number of nitrogens with one attached hydrogen (secondary N) is 1. The van der Waals surface area contributed by atoms with Crippen LogP contribution in [-0.4, -0.2) is 50.7 Å². The Labute approximate surface area is 109 Å². The van der Waals surface area contributed by atoms with E-state index in [0.29, 0.717) is 19.8 Å². The van der Waals surface area contributed by atoms with Gasteiger partial charge in [-0.15, -0.1) is 0 Å². The zero-order valence-corrected chi connectivity index (χ0v) is 10.2. The number of H-pyrrole nitrogens is 1. The maximum absolute atomic E-state index is 12.4. The van der Waals surface area contributed by atoms with E-state index in [0.717, 1.165) is 5.69 Å². The van der Waals surface area contributed by atoms with Crippen LogP contribution in [0.1, 0.15) is 22.4 Å². The van der Waals surface area contributed by atoms with Gasteiger partial charge in [0.2, 0.25) is 5.82 Å². The van der Waals surface area contributed by atoms with E-state index in [9.17, 15) is 4.79 Å². The minimum atomic E-state index is -0.191. The Kier molecular flexibility index (Phi) is 3.20. The van der Waals surface area contributed by atoms with E-state index in [1.807, 2.05) is 6.07 Å². The highest BCUT2D eigenvalue weighted by molar-refractivity contribution is 5.90. The molecular weight excluding hydrogens is 246 g/mol. The molecule has 1 atom stereocenters. The van der Waals surface area contributed by atoms with Crippen LogP contribution >= 0.6 is 0 Å². The minimum absolute atomic E-state index is 0.174. The summed E-state index contributed by atoms with van der Waals surface area (Å²) in [6.45, 7) is 1.48. The normalized spacial score (nSPS) is 19.4. The molecule has 1 saturated heterocycles. The number of hydrogen-bond donors (Lipinski definition) is 1. The van der Waals surface area contributed by atoms with Crippen molar-refractivity contribution in [3.63, 3.8) is 0 Å². The lowest BCUT2D eigenvalue weighted by Gasteiger charge is -2.34. The van der Waals surface area contributed by atoms with Gasteiger partial charge in [0, 0.05) is 25.1 Å². The van der Waals surface area contributed by atoms with Gasteiger partial charge in [0.25, 0.3) is 5.91 Å². The molecule has 1 amide bonds. The number of morpholine rings is 1. The van der Waals surface area contributed by atoms with Gasteiger partial charge in [-0.3, -0.25) is 9.89 Å². The third-order valence-corrected chi connectivity index (χ3v) is 3.03. The Hall–Kier alpha value is -2.28. The summed E-state index contributed by atoms with van der Waals surface area (Å²) < 4.78 is 5.44. The number of amides is 1. The molecule has 7 nitrogen and oxygen atoms in total. The van der Waals surface area contributed by atoms with E-state index in [4.69, 9.17) is 4.74 Å². The first kappa shape index (κ1) is 11.8. The van der Waals surface area contributed by atoms with Crippen LogP contribution in [0.15, 0.2) is 30.7 Å². The van der Waals surface area contributed by atoms with Crippen molar-refractivity contribution in [2.45, 2.75) is 6.04 Å². The molecule has 0 unspecified atom stereocenters. The lowest BCUT2D eigenvalue weighted by atomic mass is 10.1. The summed E-state index contributed by atoms with van der Waals surface area (Å²) in [5.41, 5.74) is 0.851. The Balaban J connectivity index is 1.87. The third kappa shape index (κ3) is 2.32. The lowest BCUT2D eigenvalue weighted by Crippen LogP contribution is -2.44.